The van der Waals surface area contributed by atoms with E-state index >= 15 is 0 Å². The predicted octanol–water partition coefficient (Wildman–Crippen LogP) is 1.66. The van der Waals surface area contributed by atoms with Gasteiger partial charge in [-0.05, 0) is 20.8 Å². The number of amides is 1. The number of nitrogens with zero attached hydrogens (tertiary/aromatic N) is 2. The summed E-state index contributed by atoms with van der Waals surface area (Å²) in [6.45, 7) is 7.65. The maximum Gasteiger partial charge on any atom is 0.304 e. The van der Waals surface area contributed by atoms with Gasteiger partial charge in [0.2, 0.25) is 5.91 Å². The van der Waals surface area contributed by atoms with Crippen molar-refractivity contribution in [3.8, 4) is 0 Å². The van der Waals surface area contributed by atoms with E-state index in [1.807, 2.05) is 20.8 Å². The number of hydrogen-bond donors (Lipinski definition) is 0. The molecular weight excluding hydrogens is 168 g/mol. The molecule has 0 aromatic carbocycles. The zero-order chi connectivity index (χ0) is 10.0. The summed E-state index contributed by atoms with van der Waals surface area (Å²) < 4.78 is 5.32. The van der Waals surface area contributed by atoms with Crippen molar-refractivity contribution >= 4 is 11.9 Å². The molecule has 0 atom stereocenters. The van der Waals surface area contributed by atoms with Gasteiger partial charge in [0.15, 0.2) is 0 Å². The van der Waals surface area contributed by atoms with Gasteiger partial charge in [-0.15, -0.1) is 0 Å². The van der Waals surface area contributed by atoms with Gasteiger partial charge in [-0.1, -0.05) is 0 Å². The van der Waals surface area contributed by atoms with E-state index in [9.17, 15) is 4.79 Å². The lowest BCUT2D eigenvalue weighted by Crippen LogP contribution is -2.28. The molecule has 0 aliphatic rings. The second-order valence-corrected chi connectivity index (χ2v) is 2.90. The first-order chi connectivity index (χ1) is 6.06. The number of aromatic nitrogens is 1. The molecule has 13 heavy (non-hydrogen) atoms. The third-order valence-electron chi connectivity index (χ3n) is 1.94. The van der Waals surface area contributed by atoms with Crippen LogP contribution in [0.2, 0.25) is 0 Å². The molecule has 0 aliphatic carbocycles. The molecule has 4 heteroatoms. The smallest absolute Gasteiger partial charge is 0.304 e. The zero-order valence-corrected chi connectivity index (χ0v) is 8.42. The minimum atomic E-state index is -0.0521. The third-order valence-corrected chi connectivity index (χ3v) is 1.94. The predicted molar refractivity (Wildman–Crippen MR) is 49.7 cm³/mol. The van der Waals surface area contributed by atoms with Gasteiger partial charge in [-0.2, -0.15) is 4.98 Å². The number of rotatable bonds is 2. The summed E-state index contributed by atoms with van der Waals surface area (Å²) >= 11 is 0. The van der Waals surface area contributed by atoms with Crippen LogP contribution in [0.3, 0.4) is 0 Å². The number of carbonyl (C=O) groups excluding carboxylic acids is 1. The van der Waals surface area contributed by atoms with E-state index < -0.39 is 0 Å². The molecule has 0 spiro atoms. The van der Waals surface area contributed by atoms with Crippen molar-refractivity contribution in [2.24, 2.45) is 0 Å². The van der Waals surface area contributed by atoms with Gasteiger partial charge < -0.3 is 4.42 Å². The van der Waals surface area contributed by atoms with Crippen molar-refractivity contribution in [1.29, 1.82) is 0 Å². The Morgan fingerprint density at radius 1 is 1.54 bits per heavy atom. The molecule has 4 nitrogen and oxygen atoms in total. The number of carbonyl (C=O) groups is 1. The lowest BCUT2D eigenvalue weighted by Gasteiger charge is -2.12. The second-order valence-electron chi connectivity index (χ2n) is 2.90. The zero-order valence-electron chi connectivity index (χ0n) is 8.42. The Hall–Kier alpha value is -1.32. The summed E-state index contributed by atoms with van der Waals surface area (Å²) in [7, 11) is 0. The number of hydrogen-bond acceptors (Lipinski definition) is 3. The second kappa shape index (κ2) is 3.60. The normalized spacial score (nSPS) is 10.2. The fraction of sp³-hybridized carbons (Fsp3) is 0.556. The van der Waals surface area contributed by atoms with E-state index in [0.29, 0.717) is 12.6 Å². The van der Waals surface area contributed by atoms with E-state index in [1.54, 1.807) is 0 Å². The molecule has 1 rings (SSSR count). The van der Waals surface area contributed by atoms with Crippen molar-refractivity contribution in [2.75, 3.05) is 11.4 Å². The molecule has 1 aromatic rings. The highest BCUT2D eigenvalue weighted by Gasteiger charge is 2.15. The van der Waals surface area contributed by atoms with E-state index in [4.69, 9.17) is 4.42 Å². The summed E-state index contributed by atoms with van der Waals surface area (Å²) in [5, 5.41) is 0. The molecule has 0 unspecified atom stereocenters. The molecule has 0 saturated carbocycles. The lowest BCUT2D eigenvalue weighted by atomic mass is 10.4. The molecule has 0 fully saturated rings. The SMILES string of the molecule is CCN(C(C)=O)c1nc(C)c(C)o1. The Labute approximate surface area is 77.6 Å². The van der Waals surface area contributed by atoms with Crippen molar-refractivity contribution < 1.29 is 9.21 Å². The molecule has 72 valence electrons. The first-order valence-electron chi connectivity index (χ1n) is 4.28. The van der Waals surface area contributed by atoms with Gasteiger partial charge in [-0.25, -0.2) is 0 Å². The Morgan fingerprint density at radius 2 is 2.15 bits per heavy atom. The van der Waals surface area contributed by atoms with Crippen molar-refractivity contribution in [2.45, 2.75) is 27.7 Å². The van der Waals surface area contributed by atoms with Crippen LogP contribution in [-0.2, 0) is 4.79 Å². The summed E-state index contributed by atoms with van der Waals surface area (Å²) in [5.74, 6) is 0.707. The van der Waals surface area contributed by atoms with Crippen molar-refractivity contribution in [1.82, 2.24) is 4.98 Å². The quantitative estimate of drug-likeness (QED) is 0.698. The fourth-order valence-corrected chi connectivity index (χ4v) is 1.06. The van der Waals surface area contributed by atoms with Crippen LogP contribution in [0.5, 0.6) is 0 Å². The van der Waals surface area contributed by atoms with Crippen molar-refractivity contribution in [3.05, 3.63) is 11.5 Å². The van der Waals surface area contributed by atoms with Crippen LogP contribution in [0.25, 0.3) is 0 Å². The summed E-state index contributed by atoms with van der Waals surface area (Å²) in [6.07, 6.45) is 0. The average Bonchev–Trinajstić information content (AvgIpc) is 2.32. The highest BCUT2D eigenvalue weighted by atomic mass is 16.4. The average molecular weight is 182 g/mol. The van der Waals surface area contributed by atoms with Crippen LogP contribution < -0.4 is 4.90 Å². The standard InChI is InChI=1S/C9H14N2O2/c1-5-11(8(4)12)9-10-6(2)7(3)13-9/h5H2,1-4H3. The lowest BCUT2D eigenvalue weighted by molar-refractivity contribution is -0.116. The molecule has 0 aliphatic heterocycles. The Morgan fingerprint density at radius 3 is 2.46 bits per heavy atom. The highest BCUT2D eigenvalue weighted by molar-refractivity contribution is 5.89. The Balaban J connectivity index is 2.98. The molecule has 0 radical (unpaired) electrons. The monoisotopic (exact) mass is 182 g/mol. The maximum atomic E-state index is 11.1. The summed E-state index contributed by atoms with van der Waals surface area (Å²) in [5.41, 5.74) is 0.828. The summed E-state index contributed by atoms with van der Waals surface area (Å²) in [4.78, 5) is 16.8. The van der Waals surface area contributed by atoms with Crippen LogP contribution in [0.1, 0.15) is 25.3 Å². The first kappa shape index (κ1) is 9.77. The molecule has 1 amide bonds. The van der Waals surface area contributed by atoms with Gasteiger partial charge in [0.25, 0.3) is 0 Å². The van der Waals surface area contributed by atoms with Crippen molar-refractivity contribution in [3.63, 3.8) is 0 Å². The van der Waals surface area contributed by atoms with Gasteiger partial charge in [0, 0.05) is 13.5 Å². The molecule has 0 N–H and O–H groups in total. The topological polar surface area (TPSA) is 46.3 Å². The third kappa shape index (κ3) is 1.88. The summed E-state index contributed by atoms with van der Waals surface area (Å²) in [6, 6.07) is 0.394. The Kier molecular flexibility index (Phi) is 2.70. The molecule has 1 heterocycles. The van der Waals surface area contributed by atoms with Crippen LogP contribution in [0.15, 0.2) is 4.42 Å². The molecule has 0 saturated heterocycles. The first-order valence-corrected chi connectivity index (χ1v) is 4.28. The largest absolute Gasteiger partial charge is 0.428 e. The highest BCUT2D eigenvalue weighted by Crippen LogP contribution is 2.17. The minimum absolute atomic E-state index is 0.0521. The number of anilines is 1. The van der Waals surface area contributed by atoms with Crippen LogP contribution in [0.4, 0.5) is 6.01 Å². The number of aryl methyl sites for hydroxylation is 2. The fourth-order valence-electron chi connectivity index (χ4n) is 1.06. The maximum absolute atomic E-state index is 11.1. The minimum Gasteiger partial charge on any atom is -0.428 e. The molecule has 0 bridgehead atoms. The van der Waals surface area contributed by atoms with Gasteiger partial charge in [0.05, 0.1) is 5.69 Å². The molecule has 1 aromatic heterocycles. The van der Waals surface area contributed by atoms with Gasteiger partial charge in [-0.3, -0.25) is 9.69 Å². The molecular formula is C9H14N2O2. The van der Waals surface area contributed by atoms with E-state index in [1.165, 1.54) is 11.8 Å². The van der Waals surface area contributed by atoms with Crippen LogP contribution >= 0.6 is 0 Å². The van der Waals surface area contributed by atoms with Crippen LogP contribution in [-0.4, -0.2) is 17.4 Å². The van der Waals surface area contributed by atoms with E-state index in [-0.39, 0.29) is 5.91 Å². The Bertz CT molecular complexity index is 298. The van der Waals surface area contributed by atoms with Crippen LogP contribution in [0, 0.1) is 13.8 Å². The van der Waals surface area contributed by atoms with E-state index in [2.05, 4.69) is 4.98 Å². The van der Waals surface area contributed by atoms with Gasteiger partial charge in [0.1, 0.15) is 5.76 Å². The van der Waals surface area contributed by atoms with E-state index in [0.717, 1.165) is 11.5 Å². The van der Waals surface area contributed by atoms with Gasteiger partial charge >= 0.3 is 6.01 Å². The number of oxazole rings is 1.